The van der Waals surface area contributed by atoms with Gasteiger partial charge in [0.05, 0.1) is 18.0 Å². The van der Waals surface area contributed by atoms with E-state index < -0.39 is 0 Å². The van der Waals surface area contributed by atoms with Crippen molar-refractivity contribution in [3.63, 3.8) is 0 Å². The average Bonchev–Trinajstić information content (AvgIpc) is 2.44. The standard InChI is InChI=1S/C8H13N3O/c1-6-10-7(5-12)8-4-9-2-3-11(6)8/h9,12H,2-5H2,1H3. The second kappa shape index (κ2) is 2.88. The van der Waals surface area contributed by atoms with Gasteiger partial charge in [0.2, 0.25) is 0 Å². The third-order valence-corrected chi connectivity index (χ3v) is 2.30. The number of aliphatic hydroxyl groups excluding tert-OH is 1. The van der Waals surface area contributed by atoms with Gasteiger partial charge in [0.15, 0.2) is 0 Å². The second-order valence-electron chi connectivity index (χ2n) is 3.04. The molecule has 0 aliphatic carbocycles. The molecule has 2 N–H and O–H groups in total. The molecule has 2 rings (SSSR count). The summed E-state index contributed by atoms with van der Waals surface area (Å²) in [7, 11) is 0. The molecule has 0 saturated heterocycles. The molecule has 0 bridgehead atoms. The normalized spacial score (nSPS) is 16.2. The van der Waals surface area contributed by atoms with E-state index in [9.17, 15) is 0 Å². The summed E-state index contributed by atoms with van der Waals surface area (Å²) in [5.74, 6) is 1.01. The fourth-order valence-corrected chi connectivity index (χ4v) is 1.69. The van der Waals surface area contributed by atoms with Gasteiger partial charge in [-0.05, 0) is 6.92 Å². The zero-order valence-corrected chi connectivity index (χ0v) is 7.17. The third kappa shape index (κ3) is 1.04. The first kappa shape index (κ1) is 7.76. The van der Waals surface area contributed by atoms with E-state index in [1.807, 2.05) is 6.92 Å². The van der Waals surface area contributed by atoms with Gasteiger partial charge >= 0.3 is 0 Å². The maximum atomic E-state index is 9.00. The van der Waals surface area contributed by atoms with Crippen molar-refractivity contribution >= 4 is 0 Å². The highest BCUT2D eigenvalue weighted by Crippen LogP contribution is 2.13. The van der Waals surface area contributed by atoms with E-state index in [1.54, 1.807) is 0 Å². The van der Waals surface area contributed by atoms with Crippen molar-refractivity contribution < 1.29 is 5.11 Å². The van der Waals surface area contributed by atoms with Crippen LogP contribution in [0.2, 0.25) is 0 Å². The number of nitrogens with one attached hydrogen (secondary N) is 1. The smallest absolute Gasteiger partial charge is 0.106 e. The van der Waals surface area contributed by atoms with E-state index in [1.165, 1.54) is 0 Å². The molecule has 0 radical (unpaired) electrons. The summed E-state index contributed by atoms with van der Waals surface area (Å²) in [6, 6.07) is 0. The van der Waals surface area contributed by atoms with Crippen LogP contribution in [-0.4, -0.2) is 21.2 Å². The van der Waals surface area contributed by atoms with E-state index in [2.05, 4.69) is 14.9 Å². The molecule has 1 aliphatic rings. The number of hydrogen-bond donors (Lipinski definition) is 2. The molecule has 66 valence electrons. The summed E-state index contributed by atoms with van der Waals surface area (Å²) in [4.78, 5) is 4.28. The summed E-state index contributed by atoms with van der Waals surface area (Å²) in [6.07, 6.45) is 0. The number of fused-ring (bicyclic) bond motifs is 1. The summed E-state index contributed by atoms with van der Waals surface area (Å²) in [5, 5.41) is 12.3. The Labute approximate surface area is 71.2 Å². The van der Waals surface area contributed by atoms with Gasteiger partial charge in [0.1, 0.15) is 5.82 Å². The minimum atomic E-state index is 0.0465. The highest BCUT2D eigenvalue weighted by molar-refractivity contribution is 5.17. The average molecular weight is 167 g/mol. The maximum absolute atomic E-state index is 9.00. The van der Waals surface area contributed by atoms with Gasteiger partial charge in [0.25, 0.3) is 0 Å². The number of aliphatic hydroxyl groups is 1. The zero-order chi connectivity index (χ0) is 8.55. The first-order valence-electron chi connectivity index (χ1n) is 4.19. The number of nitrogens with zero attached hydrogens (tertiary/aromatic N) is 2. The molecule has 0 unspecified atom stereocenters. The molecule has 0 fully saturated rings. The Kier molecular flexibility index (Phi) is 1.86. The number of imidazole rings is 1. The van der Waals surface area contributed by atoms with Gasteiger partial charge in [-0.15, -0.1) is 0 Å². The Morgan fingerprint density at radius 1 is 1.67 bits per heavy atom. The van der Waals surface area contributed by atoms with Gasteiger partial charge in [-0.1, -0.05) is 0 Å². The molecule has 0 spiro atoms. The van der Waals surface area contributed by atoms with E-state index in [-0.39, 0.29) is 6.61 Å². The summed E-state index contributed by atoms with van der Waals surface area (Å²) in [6.45, 7) is 4.82. The number of hydrogen-bond acceptors (Lipinski definition) is 3. The van der Waals surface area contributed by atoms with Crippen molar-refractivity contribution in [2.45, 2.75) is 26.6 Å². The van der Waals surface area contributed by atoms with Crippen LogP contribution in [0, 0.1) is 6.92 Å². The lowest BCUT2D eigenvalue weighted by Gasteiger charge is -2.17. The molecule has 0 saturated carbocycles. The molecule has 0 amide bonds. The molecule has 1 aromatic rings. The minimum absolute atomic E-state index is 0.0465. The Morgan fingerprint density at radius 3 is 3.25 bits per heavy atom. The molecular formula is C8H13N3O. The van der Waals surface area contributed by atoms with Gasteiger partial charge < -0.3 is 15.0 Å². The van der Waals surface area contributed by atoms with Crippen LogP contribution in [0.25, 0.3) is 0 Å². The predicted octanol–water partition coefficient (Wildman–Crippen LogP) is -0.213. The van der Waals surface area contributed by atoms with Crippen LogP contribution in [0.4, 0.5) is 0 Å². The molecule has 1 aliphatic heterocycles. The summed E-state index contributed by atoms with van der Waals surface area (Å²) in [5.41, 5.74) is 1.96. The van der Waals surface area contributed by atoms with Crippen molar-refractivity contribution in [1.29, 1.82) is 0 Å². The topological polar surface area (TPSA) is 50.1 Å². The van der Waals surface area contributed by atoms with Gasteiger partial charge in [-0.25, -0.2) is 4.98 Å². The third-order valence-electron chi connectivity index (χ3n) is 2.30. The van der Waals surface area contributed by atoms with E-state index in [4.69, 9.17) is 5.11 Å². The highest BCUT2D eigenvalue weighted by atomic mass is 16.3. The van der Waals surface area contributed by atoms with Crippen LogP contribution in [0.5, 0.6) is 0 Å². The maximum Gasteiger partial charge on any atom is 0.106 e. The second-order valence-corrected chi connectivity index (χ2v) is 3.04. The fourth-order valence-electron chi connectivity index (χ4n) is 1.69. The van der Waals surface area contributed by atoms with Crippen LogP contribution >= 0.6 is 0 Å². The quantitative estimate of drug-likeness (QED) is 0.608. The van der Waals surface area contributed by atoms with Crippen molar-refractivity contribution in [2.75, 3.05) is 6.54 Å². The molecule has 0 atom stereocenters. The van der Waals surface area contributed by atoms with Crippen LogP contribution in [0.3, 0.4) is 0 Å². The SMILES string of the molecule is Cc1nc(CO)c2n1CCNC2. The first-order chi connectivity index (χ1) is 5.83. The van der Waals surface area contributed by atoms with Crippen LogP contribution < -0.4 is 5.32 Å². The van der Waals surface area contributed by atoms with E-state index in [0.29, 0.717) is 0 Å². The lowest BCUT2D eigenvalue weighted by atomic mass is 10.3. The summed E-state index contributed by atoms with van der Waals surface area (Å²) < 4.78 is 2.17. The van der Waals surface area contributed by atoms with E-state index >= 15 is 0 Å². The van der Waals surface area contributed by atoms with E-state index in [0.717, 1.165) is 36.8 Å². The van der Waals surface area contributed by atoms with Gasteiger partial charge in [0, 0.05) is 19.6 Å². The largest absolute Gasteiger partial charge is 0.390 e. The molecular weight excluding hydrogens is 154 g/mol. The Balaban J connectivity index is 2.47. The minimum Gasteiger partial charge on any atom is -0.390 e. The number of aryl methyl sites for hydroxylation is 1. The molecule has 12 heavy (non-hydrogen) atoms. The highest BCUT2D eigenvalue weighted by Gasteiger charge is 2.15. The molecule has 4 nitrogen and oxygen atoms in total. The summed E-state index contributed by atoms with van der Waals surface area (Å²) >= 11 is 0. The Bertz CT molecular complexity index is 293. The van der Waals surface area contributed by atoms with Crippen LogP contribution in [0.15, 0.2) is 0 Å². The monoisotopic (exact) mass is 167 g/mol. The van der Waals surface area contributed by atoms with Crippen LogP contribution in [0.1, 0.15) is 17.2 Å². The first-order valence-corrected chi connectivity index (χ1v) is 4.19. The molecule has 1 aromatic heterocycles. The number of rotatable bonds is 1. The Morgan fingerprint density at radius 2 is 2.50 bits per heavy atom. The molecule has 0 aromatic carbocycles. The predicted molar refractivity (Wildman–Crippen MR) is 44.6 cm³/mol. The number of aromatic nitrogens is 2. The Hall–Kier alpha value is -0.870. The lowest BCUT2D eigenvalue weighted by molar-refractivity contribution is 0.274. The van der Waals surface area contributed by atoms with Gasteiger partial charge in [-0.3, -0.25) is 0 Å². The van der Waals surface area contributed by atoms with Gasteiger partial charge in [-0.2, -0.15) is 0 Å². The van der Waals surface area contributed by atoms with Crippen molar-refractivity contribution in [3.05, 3.63) is 17.2 Å². The fraction of sp³-hybridized carbons (Fsp3) is 0.625. The zero-order valence-electron chi connectivity index (χ0n) is 7.17. The van der Waals surface area contributed by atoms with Crippen molar-refractivity contribution in [1.82, 2.24) is 14.9 Å². The van der Waals surface area contributed by atoms with Crippen molar-refractivity contribution in [2.24, 2.45) is 0 Å². The molecule has 4 heteroatoms. The van der Waals surface area contributed by atoms with Crippen LogP contribution in [-0.2, 0) is 19.7 Å². The lowest BCUT2D eigenvalue weighted by Crippen LogP contribution is -2.28. The molecule has 2 heterocycles. The van der Waals surface area contributed by atoms with Crippen molar-refractivity contribution in [3.8, 4) is 0 Å².